The van der Waals surface area contributed by atoms with E-state index in [2.05, 4.69) is 10.1 Å². The lowest BCUT2D eigenvalue weighted by Crippen LogP contribution is -2.12. The van der Waals surface area contributed by atoms with E-state index in [1.54, 1.807) is 31.2 Å². The zero-order chi connectivity index (χ0) is 18.2. The molecule has 0 aliphatic heterocycles. The van der Waals surface area contributed by atoms with E-state index in [0.717, 1.165) is 18.2 Å². The third kappa shape index (κ3) is 3.24. The smallest absolute Gasteiger partial charge is 0.238 e. The van der Waals surface area contributed by atoms with Crippen LogP contribution < -0.4 is 9.88 Å². The molecule has 2 aromatic carbocycles. The van der Waals surface area contributed by atoms with Crippen LogP contribution in [0.4, 0.5) is 4.39 Å². The number of para-hydroxylation sites is 2. The van der Waals surface area contributed by atoms with Gasteiger partial charge in [0.15, 0.2) is 5.82 Å². The molecule has 7 nitrogen and oxygen atoms in total. The van der Waals surface area contributed by atoms with E-state index in [0.29, 0.717) is 17.3 Å². The van der Waals surface area contributed by atoms with Gasteiger partial charge in [-0.2, -0.15) is 5.10 Å². The summed E-state index contributed by atoms with van der Waals surface area (Å²) in [6.45, 7) is 1.65. The predicted octanol–water partition coefficient (Wildman–Crippen LogP) is 2.04. The number of nitrogens with zero attached hydrogens (tertiary/aromatic N) is 3. The molecule has 9 heteroatoms. The highest BCUT2D eigenvalue weighted by Crippen LogP contribution is 2.29. The third-order valence-corrected chi connectivity index (χ3v) is 4.44. The van der Waals surface area contributed by atoms with E-state index in [9.17, 15) is 12.8 Å². The molecule has 1 heterocycles. The van der Waals surface area contributed by atoms with Gasteiger partial charge in [-0.1, -0.05) is 12.1 Å². The minimum Gasteiger partial charge on any atom is -0.494 e. The predicted molar refractivity (Wildman–Crippen MR) is 89.4 cm³/mol. The Labute approximate surface area is 143 Å². The molecular formula is C16H15FN4O3S. The van der Waals surface area contributed by atoms with Gasteiger partial charge in [0.25, 0.3) is 0 Å². The summed E-state index contributed by atoms with van der Waals surface area (Å²) in [5, 5.41) is 9.42. The molecular weight excluding hydrogens is 347 g/mol. The maximum Gasteiger partial charge on any atom is 0.238 e. The van der Waals surface area contributed by atoms with Crippen molar-refractivity contribution in [3.63, 3.8) is 0 Å². The second-order valence-electron chi connectivity index (χ2n) is 5.25. The molecule has 0 unspecified atom stereocenters. The van der Waals surface area contributed by atoms with Crippen molar-refractivity contribution in [3.05, 3.63) is 54.1 Å². The van der Waals surface area contributed by atoms with Crippen LogP contribution in [0.5, 0.6) is 5.75 Å². The molecule has 0 saturated carbocycles. The van der Waals surface area contributed by atoms with Crippen molar-refractivity contribution >= 4 is 10.0 Å². The van der Waals surface area contributed by atoms with Crippen LogP contribution in [0, 0.1) is 12.7 Å². The lowest BCUT2D eigenvalue weighted by Gasteiger charge is -2.11. The van der Waals surface area contributed by atoms with Crippen LogP contribution in [0.25, 0.3) is 17.1 Å². The number of benzene rings is 2. The molecule has 3 rings (SSSR count). The molecule has 0 amide bonds. The summed E-state index contributed by atoms with van der Waals surface area (Å²) in [6.07, 6.45) is 0. The van der Waals surface area contributed by atoms with Gasteiger partial charge in [0, 0.05) is 0 Å². The van der Waals surface area contributed by atoms with Gasteiger partial charge >= 0.3 is 0 Å². The number of hydrogen-bond donors (Lipinski definition) is 1. The fourth-order valence-corrected chi connectivity index (χ4v) is 2.95. The molecule has 0 atom stereocenters. The van der Waals surface area contributed by atoms with E-state index in [1.165, 1.54) is 11.8 Å². The second-order valence-corrected chi connectivity index (χ2v) is 6.81. The number of methoxy groups -OCH3 is 1. The van der Waals surface area contributed by atoms with Crippen LogP contribution >= 0.6 is 0 Å². The van der Waals surface area contributed by atoms with Gasteiger partial charge in [-0.05, 0) is 37.3 Å². The van der Waals surface area contributed by atoms with Crippen LogP contribution in [0.15, 0.2) is 47.4 Å². The number of nitrogens with two attached hydrogens (primary N) is 1. The maximum atomic E-state index is 14.4. The normalized spacial score (nSPS) is 11.5. The Morgan fingerprint density at radius 3 is 2.60 bits per heavy atom. The largest absolute Gasteiger partial charge is 0.494 e. The molecule has 25 heavy (non-hydrogen) atoms. The minimum absolute atomic E-state index is 0.0296. The average molecular weight is 362 g/mol. The van der Waals surface area contributed by atoms with Gasteiger partial charge in [-0.25, -0.2) is 27.6 Å². The molecule has 0 aliphatic rings. The van der Waals surface area contributed by atoms with E-state index in [-0.39, 0.29) is 16.3 Å². The van der Waals surface area contributed by atoms with Crippen molar-refractivity contribution in [1.29, 1.82) is 0 Å². The van der Waals surface area contributed by atoms with Crippen LogP contribution in [0.3, 0.4) is 0 Å². The summed E-state index contributed by atoms with van der Waals surface area (Å²) in [5.74, 6) is 0.402. The van der Waals surface area contributed by atoms with Gasteiger partial charge < -0.3 is 4.74 Å². The molecule has 3 aromatic rings. The molecule has 0 radical (unpaired) electrons. The fraction of sp³-hybridized carbons (Fsp3) is 0.125. The molecule has 0 bridgehead atoms. The molecule has 0 spiro atoms. The quantitative estimate of drug-likeness (QED) is 0.765. The highest BCUT2D eigenvalue weighted by molar-refractivity contribution is 7.89. The van der Waals surface area contributed by atoms with Crippen LogP contribution in [0.2, 0.25) is 0 Å². The number of halogens is 1. The highest BCUT2D eigenvalue weighted by atomic mass is 32.2. The fourth-order valence-electron chi connectivity index (χ4n) is 2.41. The number of ether oxygens (including phenoxy) is 1. The van der Waals surface area contributed by atoms with Crippen LogP contribution in [-0.4, -0.2) is 30.3 Å². The molecule has 0 aliphatic carbocycles. The van der Waals surface area contributed by atoms with E-state index in [4.69, 9.17) is 9.88 Å². The first-order chi connectivity index (χ1) is 11.8. The van der Waals surface area contributed by atoms with Gasteiger partial charge in [0.05, 0.1) is 17.6 Å². The highest BCUT2D eigenvalue weighted by Gasteiger charge is 2.20. The lowest BCUT2D eigenvalue weighted by atomic mass is 10.2. The first kappa shape index (κ1) is 17.1. The summed E-state index contributed by atoms with van der Waals surface area (Å²) < 4.78 is 44.3. The first-order valence-electron chi connectivity index (χ1n) is 7.21. The summed E-state index contributed by atoms with van der Waals surface area (Å²) in [5.41, 5.74) is 0.513. The van der Waals surface area contributed by atoms with Crippen molar-refractivity contribution in [2.75, 3.05) is 7.11 Å². The Bertz CT molecular complexity index is 1050. The standard InChI is InChI=1S/C16H15FN4O3S/c1-10-19-16(12-9-11(25(18,22)23)7-8-13(12)17)21(20-10)14-5-3-4-6-15(14)24-2/h3-9H,1-2H3,(H2,18,22,23). The first-order valence-corrected chi connectivity index (χ1v) is 8.75. The van der Waals surface area contributed by atoms with Crippen LogP contribution in [-0.2, 0) is 10.0 Å². The Morgan fingerprint density at radius 1 is 1.20 bits per heavy atom. The van der Waals surface area contributed by atoms with E-state index in [1.807, 2.05) is 0 Å². The molecule has 130 valence electrons. The van der Waals surface area contributed by atoms with Crippen molar-refractivity contribution in [2.24, 2.45) is 5.14 Å². The third-order valence-electron chi connectivity index (χ3n) is 3.53. The van der Waals surface area contributed by atoms with Crippen molar-refractivity contribution in [1.82, 2.24) is 14.8 Å². The zero-order valence-corrected chi connectivity index (χ0v) is 14.3. The Morgan fingerprint density at radius 2 is 1.92 bits per heavy atom. The summed E-state index contributed by atoms with van der Waals surface area (Å²) >= 11 is 0. The number of primary sulfonamides is 1. The van der Waals surface area contributed by atoms with Gasteiger partial charge in [0.2, 0.25) is 10.0 Å². The summed E-state index contributed by atoms with van der Waals surface area (Å²) in [4.78, 5) is 4.03. The van der Waals surface area contributed by atoms with E-state index < -0.39 is 15.8 Å². The Balaban J connectivity index is 2.27. The second kappa shape index (κ2) is 6.26. The topological polar surface area (TPSA) is 100 Å². The SMILES string of the molecule is COc1ccccc1-n1nc(C)nc1-c1cc(S(N)(=O)=O)ccc1F. The number of aromatic nitrogens is 3. The zero-order valence-electron chi connectivity index (χ0n) is 13.5. The Hall–Kier alpha value is -2.78. The maximum absolute atomic E-state index is 14.4. The monoisotopic (exact) mass is 362 g/mol. The summed E-state index contributed by atoms with van der Waals surface area (Å²) in [7, 11) is -2.48. The molecule has 0 saturated heterocycles. The number of hydrogen-bond acceptors (Lipinski definition) is 5. The van der Waals surface area contributed by atoms with Crippen molar-refractivity contribution < 1.29 is 17.5 Å². The average Bonchev–Trinajstić information content (AvgIpc) is 2.95. The molecule has 1 aromatic heterocycles. The van der Waals surface area contributed by atoms with Gasteiger partial charge in [0.1, 0.15) is 23.1 Å². The van der Waals surface area contributed by atoms with Crippen molar-refractivity contribution in [3.8, 4) is 22.8 Å². The Kier molecular flexibility index (Phi) is 4.27. The number of aryl methyl sites for hydroxylation is 1. The number of sulfonamides is 1. The van der Waals surface area contributed by atoms with Gasteiger partial charge in [-0.15, -0.1) is 0 Å². The summed E-state index contributed by atoms with van der Waals surface area (Å²) in [6, 6.07) is 10.3. The minimum atomic E-state index is -3.98. The lowest BCUT2D eigenvalue weighted by molar-refractivity contribution is 0.412. The van der Waals surface area contributed by atoms with Crippen molar-refractivity contribution in [2.45, 2.75) is 11.8 Å². The van der Waals surface area contributed by atoms with Gasteiger partial charge in [-0.3, -0.25) is 0 Å². The van der Waals surface area contributed by atoms with Crippen LogP contribution in [0.1, 0.15) is 5.82 Å². The van der Waals surface area contributed by atoms with E-state index >= 15 is 0 Å². The molecule has 0 fully saturated rings. The molecule has 2 N–H and O–H groups in total. The number of rotatable bonds is 4.